The average Bonchev–Trinajstić information content (AvgIpc) is 2.66. The lowest BCUT2D eigenvalue weighted by atomic mass is 9.64. The lowest BCUT2D eigenvalue weighted by molar-refractivity contribution is -0.159. The van der Waals surface area contributed by atoms with Gasteiger partial charge in [-0.2, -0.15) is 0 Å². The third-order valence-corrected chi connectivity index (χ3v) is 5.09. The van der Waals surface area contributed by atoms with Crippen molar-refractivity contribution in [3.8, 4) is 0 Å². The van der Waals surface area contributed by atoms with Crippen molar-refractivity contribution >= 4 is 12.1 Å². The Labute approximate surface area is 167 Å². The first kappa shape index (κ1) is 22.0. The second-order valence-electron chi connectivity index (χ2n) is 8.31. The summed E-state index contributed by atoms with van der Waals surface area (Å²) < 4.78 is 11.1. The molecule has 0 bridgehead atoms. The normalized spacial score (nSPS) is 23.4. The fourth-order valence-electron chi connectivity index (χ4n) is 3.71. The number of hydrogen-bond acceptors (Lipinski definition) is 5. The number of rotatable bonds is 6. The molecule has 1 unspecified atom stereocenters. The molecule has 6 heteroatoms. The van der Waals surface area contributed by atoms with Crippen molar-refractivity contribution in [1.82, 2.24) is 5.32 Å². The van der Waals surface area contributed by atoms with Gasteiger partial charge in [-0.25, -0.2) is 4.79 Å². The standard InChI is InChI=1S/C22H32N2O4/c1-5-15-24-20(26)27-17-11-13-22(14-12-17,16-9-7-6-8-10-16)18(23)19(25)28-21(2,3)4/h5-10,17-18H,1,11-15,23H2,2-4H3,(H,24,26)/t17-,18?,22-. The molecule has 3 N–H and O–H groups in total. The van der Waals surface area contributed by atoms with Gasteiger partial charge in [0.15, 0.2) is 0 Å². The summed E-state index contributed by atoms with van der Waals surface area (Å²) in [6.45, 7) is 9.43. The Balaban J connectivity index is 2.16. The zero-order chi connectivity index (χ0) is 20.8. The van der Waals surface area contributed by atoms with Gasteiger partial charge in [0.1, 0.15) is 17.7 Å². The summed E-state index contributed by atoms with van der Waals surface area (Å²) in [6.07, 6.45) is 3.48. The summed E-state index contributed by atoms with van der Waals surface area (Å²) in [5, 5.41) is 2.62. The first-order valence-corrected chi connectivity index (χ1v) is 9.77. The fraction of sp³-hybridized carbons (Fsp3) is 0.545. The van der Waals surface area contributed by atoms with Crippen molar-refractivity contribution in [2.24, 2.45) is 5.73 Å². The number of benzene rings is 1. The van der Waals surface area contributed by atoms with E-state index in [0.717, 1.165) is 5.56 Å². The Bertz CT molecular complexity index is 674. The average molecular weight is 389 g/mol. The predicted molar refractivity (Wildman–Crippen MR) is 109 cm³/mol. The second-order valence-corrected chi connectivity index (χ2v) is 8.31. The van der Waals surface area contributed by atoms with Gasteiger partial charge in [-0.3, -0.25) is 4.79 Å². The number of hydrogen-bond donors (Lipinski definition) is 2. The van der Waals surface area contributed by atoms with E-state index in [1.165, 1.54) is 0 Å². The third-order valence-electron chi connectivity index (χ3n) is 5.09. The van der Waals surface area contributed by atoms with Gasteiger partial charge in [0, 0.05) is 12.0 Å². The summed E-state index contributed by atoms with van der Waals surface area (Å²) >= 11 is 0. The van der Waals surface area contributed by atoms with Gasteiger partial charge in [-0.1, -0.05) is 36.4 Å². The molecule has 1 aliphatic rings. The number of nitrogens with one attached hydrogen (secondary N) is 1. The van der Waals surface area contributed by atoms with E-state index in [1.54, 1.807) is 6.08 Å². The van der Waals surface area contributed by atoms with E-state index in [-0.39, 0.29) is 6.10 Å². The third kappa shape index (κ3) is 5.58. The fourth-order valence-corrected chi connectivity index (χ4v) is 3.71. The van der Waals surface area contributed by atoms with E-state index in [4.69, 9.17) is 15.2 Å². The van der Waals surface area contributed by atoms with E-state index in [2.05, 4.69) is 11.9 Å². The predicted octanol–water partition coefficient (Wildman–Crippen LogP) is 3.45. The number of alkyl carbamates (subject to hydrolysis) is 1. The zero-order valence-electron chi connectivity index (χ0n) is 17.1. The molecular weight excluding hydrogens is 356 g/mol. The minimum absolute atomic E-state index is 0.201. The van der Waals surface area contributed by atoms with Crippen LogP contribution in [0.4, 0.5) is 4.79 Å². The van der Waals surface area contributed by atoms with Crippen molar-refractivity contribution in [2.75, 3.05) is 6.54 Å². The highest BCUT2D eigenvalue weighted by Gasteiger charge is 2.46. The first-order valence-electron chi connectivity index (χ1n) is 9.77. The van der Waals surface area contributed by atoms with Crippen LogP contribution in [0, 0.1) is 0 Å². The number of nitrogens with two attached hydrogens (primary N) is 1. The Morgan fingerprint density at radius 2 is 1.89 bits per heavy atom. The molecule has 1 amide bonds. The summed E-state index contributed by atoms with van der Waals surface area (Å²) in [7, 11) is 0. The van der Waals surface area contributed by atoms with Crippen molar-refractivity contribution < 1.29 is 19.1 Å². The smallest absolute Gasteiger partial charge is 0.407 e. The molecule has 0 saturated heterocycles. The van der Waals surface area contributed by atoms with Crippen molar-refractivity contribution in [3.63, 3.8) is 0 Å². The molecule has 6 nitrogen and oxygen atoms in total. The van der Waals surface area contributed by atoms with Crippen LogP contribution in [0.15, 0.2) is 43.0 Å². The van der Waals surface area contributed by atoms with Crippen LogP contribution in [-0.4, -0.2) is 36.4 Å². The Morgan fingerprint density at radius 1 is 1.29 bits per heavy atom. The van der Waals surface area contributed by atoms with Crippen LogP contribution >= 0.6 is 0 Å². The van der Waals surface area contributed by atoms with Crippen LogP contribution in [0.25, 0.3) is 0 Å². The van der Waals surface area contributed by atoms with Gasteiger partial charge in [0.25, 0.3) is 0 Å². The highest BCUT2D eigenvalue weighted by atomic mass is 16.6. The SMILES string of the molecule is C=CCNC(=O)O[C@H]1CC[C@](c2ccccc2)(C(N)C(=O)OC(C)(C)C)CC1. The van der Waals surface area contributed by atoms with E-state index >= 15 is 0 Å². The van der Waals surface area contributed by atoms with Crippen molar-refractivity contribution in [2.45, 2.75) is 69.6 Å². The van der Waals surface area contributed by atoms with Gasteiger partial charge in [-0.05, 0) is 52.0 Å². The quantitative estimate of drug-likeness (QED) is 0.575. The highest BCUT2D eigenvalue weighted by molar-refractivity contribution is 5.78. The van der Waals surface area contributed by atoms with Crippen LogP contribution in [0.5, 0.6) is 0 Å². The molecular formula is C22H32N2O4. The molecule has 1 aliphatic carbocycles. The molecule has 0 heterocycles. The van der Waals surface area contributed by atoms with E-state index < -0.39 is 29.1 Å². The number of carbonyl (C=O) groups is 2. The Hall–Kier alpha value is -2.34. The van der Waals surface area contributed by atoms with Crippen LogP contribution < -0.4 is 11.1 Å². The molecule has 1 aromatic rings. The van der Waals surface area contributed by atoms with Crippen molar-refractivity contribution in [3.05, 3.63) is 48.6 Å². The maximum atomic E-state index is 12.8. The maximum Gasteiger partial charge on any atom is 0.407 e. The Morgan fingerprint density at radius 3 is 2.43 bits per heavy atom. The van der Waals surface area contributed by atoms with Crippen LogP contribution in [0.2, 0.25) is 0 Å². The van der Waals surface area contributed by atoms with Gasteiger partial charge >= 0.3 is 12.1 Å². The highest BCUT2D eigenvalue weighted by Crippen LogP contribution is 2.43. The summed E-state index contributed by atoms with van der Waals surface area (Å²) in [5.74, 6) is -0.403. The summed E-state index contributed by atoms with van der Waals surface area (Å²) in [6, 6.07) is 9.05. The molecule has 154 valence electrons. The largest absolute Gasteiger partial charge is 0.459 e. The van der Waals surface area contributed by atoms with Gasteiger partial charge in [0.2, 0.25) is 0 Å². The summed E-state index contributed by atoms with van der Waals surface area (Å²) in [5.41, 5.74) is 6.35. The molecule has 28 heavy (non-hydrogen) atoms. The molecule has 0 radical (unpaired) electrons. The number of ether oxygens (including phenoxy) is 2. The molecule has 1 saturated carbocycles. The maximum absolute atomic E-state index is 12.8. The molecule has 1 atom stereocenters. The van der Waals surface area contributed by atoms with Gasteiger partial charge < -0.3 is 20.5 Å². The van der Waals surface area contributed by atoms with E-state index in [1.807, 2.05) is 51.1 Å². The van der Waals surface area contributed by atoms with E-state index in [0.29, 0.717) is 32.2 Å². The first-order chi connectivity index (χ1) is 13.2. The zero-order valence-corrected chi connectivity index (χ0v) is 17.1. The molecule has 1 aromatic carbocycles. The topological polar surface area (TPSA) is 90.6 Å². The number of amides is 1. The monoisotopic (exact) mass is 388 g/mol. The Kier molecular flexibility index (Phi) is 7.24. The second kappa shape index (κ2) is 9.24. The molecule has 2 rings (SSSR count). The van der Waals surface area contributed by atoms with Gasteiger partial charge in [0.05, 0.1) is 0 Å². The number of carbonyl (C=O) groups excluding carboxylic acids is 2. The minimum Gasteiger partial charge on any atom is -0.459 e. The van der Waals surface area contributed by atoms with Crippen LogP contribution in [0.3, 0.4) is 0 Å². The molecule has 0 aliphatic heterocycles. The lowest BCUT2D eigenvalue weighted by Gasteiger charge is -2.43. The van der Waals surface area contributed by atoms with Gasteiger partial charge in [-0.15, -0.1) is 6.58 Å². The van der Waals surface area contributed by atoms with E-state index in [9.17, 15) is 9.59 Å². The molecule has 0 aromatic heterocycles. The summed E-state index contributed by atoms with van der Waals surface area (Å²) in [4.78, 5) is 24.6. The van der Waals surface area contributed by atoms with Crippen LogP contribution in [0.1, 0.15) is 52.0 Å². The minimum atomic E-state index is -0.787. The molecule has 0 spiro atoms. The molecule has 1 fully saturated rings. The van der Waals surface area contributed by atoms with Crippen molar-refractivity contribution in [1.29, 1.82) is 0 Å². The van der Waals surface area contributed by atoms with Crippen LogP contribution in [-0.2, 0) is 19.7 Å². The lowest BCUT2D eigenvalue weighted by Crippen LogP contribution is -2.54. The number of esters is 1.